The lowest BCUT2D eigenvalue weighted by Crippen LogP contribution is -2.36. The molecule has 7 heteroatoms. The van der Waals surface area contributed by atoms with Crippen molar-refractivity contribution in [1.82, 2.24) is 15.4 Å². The largest absolute Gasteiger partial charge is 0.484 e. The van der Waals surface area contributed by atoms with E-state index in [0.29, 0.717) is 36.9 Å². The Morgan fingerprint density at radius 2 is 1.75 bits per heavy atom. The number of nitrogens with one attached hydrogen (secondary N) is 1. The summed E-state index contributed by atoms with van der Waals surface area (Å²) >= 11 is 0. The van der Waals surface area contributed by atoms with Crippen molar-refractivity contribution in [2.75, 3.05) is 19.7 Å². The molecule has 0 saturated heterocycles. The van der Waals surface area contributed by atoms with Crippen molar-refractivity contribution < 1.29 is 18.8 Å². The summed E-state index contributed by atoms with van der Waals surface area (Å²) in [5, 5.41) is 6.67. The molecule has 32 heavy (non-hydrogen) atoms. The third kappa shape index (κ3) is 7.27. The average Bonchev–Trinajstić information content (AvgIpc) is 3.28. The van der Waals surface area contributed by atoms with Crippen molar-refractivity contribution in [3.8, 4) is 5.75 Å². The number of carbonyl (C=O) groups excluding carboxylic acids is 2. The molecule has 1 heterocycles. The number of aromatic nitrogens is 1. The Labute approximate surface area is 188 Å². The number of ether oxygens (including phenoxy) is 1. The third-order valence-corrected chi connectivity index (χ3v) is 4.78. The quantitative estimate of drug-likeness (QED) is 0.496. The molecule has 0 atom stereocenters. The second-order valence-corrected chi connectivity index (χ2v) is 7.93. The van der Waals surface area contributed by atoms with E-state index in [1.807, 2.05) is 62.4 Å². The minimum Gasteiger partial charge on any atom is -0.484 e. The molecule has 3 aromatic rings. The smallest absolute Gasteiger partial charge is 0.273 e. The van der Waals surface area contributed by atoms with Crippen LogP contribution in [0.25, 0.3) is 0 Å². The van der Waals surface area contributed by atoms with Crippen LogP contribution >= 0.6 is 0 Å². The summed E-state index contributed by atoms with van der Waals surface area (Å²) in [7, 11) is 0. The average molecular weight is 436 g/mol. The maximum atomic E-state index is 12.9. The van der Waals surface area contributed by atoms with Gasteiger partial charge in [0.1, 0.15) is 5.75 Å². The molecule has 0 aliphatic heterocycles. The Kier molecular flexibility index (Phi) is 8.43. The third-order valence-electron chi connectivity index (χ3n) is 4.78. The van der Waals surface area contributed by atoms with Gasteiger partial charge in [-0.2, -0.15) is 0 Å². The maximum absolute atomic E-state index is 12.9. The number of rotatable bonds is 11. The molecule has 7 nitrogen and oxygen atoms in total. The van der Waals surface area contributed by atoms with Gasteiger partial charge in [-0.1, -0.05) is 67.5 Å². The molecule has 0 fully saturated rings. The van der Waals surface area contributed by atoms with Gasteiger partial charge in [0.15, 0.2) is 18.1 Å². The standard InChI is InChI=1S/C25H29N3O4/c1-19(2)16-26-25(30)23-15-22(32-27-23)17-28(14-13-20-9-5-3-6-10-20)24(29)18-31-21-11-7-4-8-12-21/h3-12,15,19H,13-14,16-18H2,1-2H3,(H,26,30). The van der Waals surface area contributed by atoms with Gasteiger partial charge in [-0.15, -0.1) is 0 Å². The number of para-hydroxylation sites is 1. The van der Waals surface area contributed by atoms with E-state index in [-0.39, 0.29) is 30.7 Å². The van der Waals surface area contributed by atoms with Gasteiger partial charge in [-0.3, -0.25) is 9.59 Å². The monoisotopic (exact) mass is 435 g/mol. The number of hydrogen-bond donors (Lipinski definition) is 1. The molecule has 0 aliphatic carbocycles. The van der Waals surface area contributed by atoms with Crippen molar-refractivity contribution in [1.29, 1.82) is 0 Å². The van der Waals surface area contributed by atoms with Crippen molar-refractivity contribution in [2.24, 2.45) is 5.92 Å². The summed E-state index contributed by atoms with van der Waals surface area (Å²) in [6.07, 6.45) is 0.688. The molecule has 0 spiro atoms. The van der Waals surface area contributed by atoms with Crippen LogP contribution < -0.4 is 10.1 Å². The van der Waals surface area contributed by atoms with E-state index in [1.54, 1.807) is 23.1 Å². The molecule has 1 aromatic heterocycles. The van der Waals surface area contributed by atoms with E-state index >= 15 is 0 Å². The lowest BCUT2D eigenvalue weighted by atomic mass is 10.1. The summed E-state index contributed by atoms with van der Waals surface area (Å²) in [5.41, 5.74) is 1.33. The summed E-state index contributed by atoms with van der Waals surface area (Å²) in [6.45, 7) is 5.18. The molecular formula is C25H29N3O4. The SMILES string of the molecule is CC(C)CNC(=O)c1cc(CN(CCc2ccccc2)C(=O)COc2ccccc2)on1. The van der Waals surface area contributed by atoms with Gasteiger partial charge in [0.25, 0.3) is 11.8 Å². The second-order valence-electron chi connectivity index (χ2n) is 7.93. The van der Waals surface area contributed by atoms with Crippen LogP contribution in [0.2, 0.25) is 0 Å². The number of hydrogen-bond acceptors (Lipinski definition) is 5. The van der Waals surface area contributed by atoms with E-state index in [9.17, 15) is 9.59 Å². The summed E-state index contributed by atoms with van der Waals surface area (Å²) in [5.74, 6) is 0.949. The number of carbonyl (C=O) groups is 2. The Morgan fingerprint density at radius 3 is 2.44 bits per heavy atom. The highest BCUT2D eigenvalue weighted by molar-refractivity contribution is 5.92. The first-order valence-corrected chi connectivity index (χ1v) is 10.7. The zero-order chi connectivity index (χ0) is 22.8. The first-order valence-electron chi connectivity index (χ1n) is 10.7. The lowest BCUT2D eigenvalue weighted by Gasteiger charge is -2.21. The Balaban J connectivity index is 1.64. The van der Waals surface area contributed by atoms with E-state index in [0.717, 1.165) is 5.56 Å². The van der Waals surface area contributed by atoms with E-state index < -0.39 is 0 Å². The van der Waals surface area contributed by atoms with Gasteiger partial charge in [0.2, 0.25) is 0 Å². The Hall–Kier alpha value is -3.61. The highest BCUT2D eigenvalue weighted by atomic mass is 16.5. The topological polar surface area (TPSA) is 84.7 Å². The zero-order valence-electron chi connectivity index (χ0n) is 18.5. The van der Waals surface area contributed by atoms with Crippen molar-refractivity contribution in [3.05, 3.63) is 83.7 Å². The lowest BCUT2D eigenvalue weighted by molar-refractivity contribution is -0.134. The van der Waals surface area contributed by atoms with Crippen LogP contribution in [0.5, 0.6) is 5.75 Å². The summed E-state index contributed by atoms with van der Waals surface area (Å²) in [4.78, 5) is 26.8. The normalized spacial score (nSPS) is 10.7. The van der Waals surface area contributed by atoms with Crippen LogP contribution in [0.15, 0.2) is 71.3 Å². The molecule has 0 bridgehead atoms. The van der Waals surface area contributed by atoms with Crippen LogP contribution in [0, 0.1) is 5.92 Å². The molecule has 3 rings (SSSR count). The predicted octanol–water partition coefficient (Wildman–Crippen LogP) is 3.71. The Bertz CT molecular complexity index is 987. The van der Waals surface area contributed by atoms with Gasteiger partial charge in [-0.05, 0) is 30.0 Å². The van der Waals surface area contributed by atoms with Gasteiger partial charge in [0.05, 0.1) is 6.54 Å². The molecule has 0 unspecified atom stereocenters. The fourth-order valence-corrected chi connectivity index (χ4v) is 3.02. The van der Waals surface area contributed by atoms with Crippen LogP contribution in [0.4, 0.5) is 0 Å². The first-order chi connectivity index (χ1) is 15.5. The Morgan fingerprint density at radius 1 is 1.06 bits per heavy atom. The van der Waals surface area contributed by atoms with Gasteiger partial charge >= 0.3 is 0 Å². The molecule has 2 amide bonds. The fraction of sp³-hybridized carbons (Fsp3) is 0.320. The van der Waals surface area contributed by atoms with Gasteiger partial charge < -0.3 is 19.5 Å². The van der Waals surface area contributed by atoms with Crippen molar-refractivity contribution in [3.63, 3.8) is 0 Å². The van der Waals surface area contributed by atoms with Crippen molar-refractivity contribution in [2.45, 2.75) is 26.8 Å². The predicted molar refractivity (Wildman–Crippen MR) is 121 cm³/mol. The van der Waals surface area contributed by atoms with E-state index in [1.165, 1.54) is 0 Å². The molecule has 0 saturated carbocycles. The number of benzene rings is 2. The van der Waals surface area contributed by atoms with Crippen LogP contribution in [-0.2, 0) is 17.8 Å². The van der Waals surface area contributed by atoms with E-state index in [4.69, 9.17) is 9.26 Å². The summed E-state index contributed by atoms with van der Waals surface area (Å²) in [6, 6.07) is 20.7. The molecule has 1 N–H and O–H groups in total. The minimum atomic E-state index is -0.289. The number of nitrogens with zero attached hydrogens (tertiary/aromatic N) is 2. The zero-order valence-corrected chi connectivity index (χ0v) is 18.5. The van der Waals surface area contributed by atoms with Crippen LogP contribution in [0.1, 0.15) is 35.7 Å². The molecule has 0 aliphatic rings. The molecule has 2 aromatic carbocycles. The first kappa shape index (κ1) is 23.1. The van der Waals surface area contributed by atoms with Gasteiger partial charge in [0, 0.05) is 19.2 Å². The van der Waals surface area contributed by atoms with Crippen LogP contribution in [0.3, 0.4) is 0 Å². The summed E-state index contributed by atoms with van der Waals surface area (Å²) < 4.78 is 11.0. The fourth-order valence-electron chi connectivity index (χ4n) is 3.02. The number of amides is 2. The second kappa shape index (κ2) is 11.7. The molecular weight excluding hydrogens is 406 g/mol. The highest BCUT2D eigenvalue weighted by Crippen LogP contribution is 2.12. The molecule has 168 valence electrons. The highest BCUT2D eigenvalue weighted by Gasteiger charge is 2.19. The maximum Gasteiger partial charge on any atom is 0.273 e. The van der Waals surface area contributed by atoms with Gasteiger partial charge in [-0.25, -0.2) is 0 Å². The molecule has 0 radical (unpaired) electrons. The minimum absolute atomic E-state index is 0.0886. The van der Waals surface area contributed by atoms with Crippen LogP contribution in [-0.4, -0.2) is 41.6 Å². The van der Waals surface area contributed by atoms with Crippen molar-refractivity contribution >= 4 is 11.8 Å². The van der Waals surface area contributed by atoms with E-state index in [2.05, 4.69) is 10.5 Å².